The fourth-order valence-electron chi connectivity index (χ4n) is 2.49. The minimum atomic E-state index is -0.444. The highest BCUT2D eigenvalue weighted by atomic mass is 32.1. The van der Waals surface area contributed by atoms with Gasteiger partial charge in [0, 0.05) is 24.3 Å². The van der Waals surface area contributed by atoms with Gasteiger partial charge in [0.05, 0.1) is 4.88 Å². The number of benzene rings is 1. The van der Waals surface area contributed by atoms with Crippen LogP contribution in [0.2, 0.25) is 0 Å². The Morgan fingerprint density at radius 3 is 2.54 bits per heavy atom. The van der Waals surface area contributed by atoms with E-state index in [0.717, 1.165) is 16.0 Å². The van der Waals surface area contributed by atoms with E-state index in [-0.39, 0.29) is 11.7 Å². The second-order valence-corrected chi connectivity index (χ2v) is 6.96. The molecule has 1 amide bonds. The van der Waals surface area contributed by atoms with E-state index in [9.17, 15) is 9.18 Å². The quantitative estimate of drug-likeness (QED) is 0.784. The number of imidazole rings is 1. The maximum Gasteiger partial charge on any atom is 0.262 e. The number of carbonyl (C=O) groups excluding carboxylic acids is 1. The van der Waals surface area contributed by atoms with Gasteiger partial charge in [-0.1, -0.05) is 12.1 Å². The normalized spacial score (nSPS) is 12.2. The molecule has 0 aliphatic carbocycles. The molecule has 0 saturated heterocycles. The Morgan fingerprint density at radius 2 is 2.00 bits per heavy atom. The van der Waals surface area contributed by atoms with Gasteiger partial charge in [-0.3, -0.25) is 4.79 Å². The van der Waals surface area contributed by atoms with E-state index in [4.69, 9.17) is 0 Å². The fourth-order valence-corrected chi connectivity index (χ4v) is 3.43. The van der Waals surface area contributed by atoms with Crippen molar-refractivity contribution in [2.75, 3.05) is 0 Å². The predicted molar refractivity (Wildman–Crippen MR) is 92.7 cm³/mol. The van der Waals surface area contributed by atoms with Gasteiger partial charge in [0.1, 0.15) is 17.7 Å². The number of aryl methyl sites for hydroxylation is 3. The summed E-state index contributed by atoms with van der Waals surface area (Å²) in [7, 11) is 1.87. The van der Waals surface area contributed by atoms with E-state index in [0.29, 0.717) is 10.7 Å². The second kappa shape index (κ2) is 6.57. The second-order valence-electron chi connectivity index (χ2n) is 5.70. The molecular formula is C18H18FN3OS. The molecule has 3 rings (SSSR count). The summed E-state index contributed by atoms with van der Waals surface area (Å²) >= 11 is 1.46. The maximum atomic E-state index is 13.2. The maximum absolute atomic E-state index is 13.2. The molecule has 1 aromatic carbocycles. The van der Waals surface area contributed by atoms with Gasteiger partial charge in [0.25, 0.3) is 5.91 Å². The highest BCUT2D eigenvalue weighted by Crippen LogP contribution is 2.24. The summed E-state index contributed by atoms with van der Waals surface area (Å²) in [6.45, 7) is 3.98. The summed E-state index contributed by atoms with van der Waals surface area (Å²) in [5.74, 6) is 0.224. The zero-order valence-corrected chi connectivity index (χ0v) is 14.5. The van der Waals surface area contributed by atoms with Crippen molar-refractivity contribution in [2.45, 2.75) is 19.9 Å². The number of nitrogens with one attached hydrogen (secondary N) is 1. The van der Waals surface area contributed by atoms with Crippen LogP contribution in [0.5, 0.6) is 0 Å². The van der Waals surface area contributed by atoms with Gasteiger partial charge >= 0.3 is 0 Å². The molecule has 2 aromatic heterocycles. The van der Waals surface area contributed by atoms with Gasteiger partial charge in [-0.15, -0.1) is 11.3 Å². The molecule has 1 atom stereocenters. The molecule has 0 bridgehead atoms. The minimum Gasteiger partial charge on any atom is -0.337 e. The van der Waals surface area contributed by atoms with Crippen LogP contribution in [0.1, 0.15) is 37.5 Å². The number of hydrogen-bond donors (Lipinski definition) is 1. The molecule has 24 heavy (non-hydrogen) atoms. The molecule has 0 radical (unpaired) electrons. The van der Waals surface area contributed by atoms with E-state index >= 15 is 0 Å². The van der Waals surface area contributed by atoms with Crippen LogP contribution in [-0.4, -0.2) is 15.5 Å². The van der Waals surface area contributed by atoms with Crippen LogP contribution in [0.25, 0.3) is 0 Å². The number of hydrogen-bond acceptors (Lipinski definition) is 3. The summed E-state index contributed by atoms with van der Waals surface area (Å²) in [4.78, 5) is 18.8. The molecule has 0 unspecified atom stereocenters. The standard InChI is InChI=1S/C18H18FN3OS/c1-11-10-15(24-12(11)2)18(23)21-16(17-20-8-9-22(17)3)13-4-6-14(19)7-5-13/h4-10,16H,1-3H3,(H,21,23)/t16-/m0/s1. The van der Waals surface area contributed by atoms with Gasteiger partial charge in [-0.05, 0) is 43.2 Å². The van der Waals surface area contributed by atoms with Crippen molar-refractivity contribution < 1.29 is 9.18 Å². The number of nitrogens with zero attached hydrogens (tertiary/aromatic N) is 2. The van der Waals surface area contributed by atoms with Crippen molar-refractivity contribution in [3.05, 3.63) is 75.2 Å². The molecule has 6 heteroatoms. The van der Waals surface area contributed by atoms with Gasteiger partial charge in [0.15, 0.2) is 0 Å². The average molecular weight is 343 g/mol. The minimum absolute atomic E-state index is 0.159. The Kier molecular flexibility index (Phi) is 4.49. The zero-order chi connectivity index (χ0) is 17.3. The number of carbonyl (C=O) groups is 1. The molecule has 0 aliphatic heterocycles. The van der Waals surface area contributed by atoms with Crippen LogP contribution in [0.15, 0.2) is 42.7 Å². The third kappa shape index (κ3) is 3.23. The zero-order valence-electron chi connectivity index (χ0n) is 13.7. The highest BCUT2D eigenvalue weighted by Gasteiger charge is 2.22. The van der Waals surface area contributed by atoms with Gasteiger partial charge in [-0.25, -0.2) is 9.37 Å². The van der Waals surface area contributed by atoms with E-state index in [1.54, 1.807) is 18.3 Å². The van der Waals surface area contributed by atoms with Gasteiger partial charge in [0.2, 0.25) is 0 Å². The summed E-state index contributed by atoms with van der Waals surface area (Å²) in [6, 6.07) is 7.55. The number of thiophene rings is 1. The lowest BCUT2D eigenvalue weighted by Crippen LogP contribution is -2.30. The molecule has 0 aliphatic rings. The summed E-state index contributed by atoms with van der Waals surface area (Å²) in [5, 5.41) is 3.02. The number of rotatable bonds is 4. The van der Waals surface area contributed by atoms with E-state index in [1.165, 1.54) is 23.5 Å². The molecule has 4 nitrogen and oxygen atoms in total. The lowest BCUT2D eigenvalue weighted by atomic mass is 10.1. The number of aromatic nitrogens is 2. The summed E-state index contributed by atoms with van der Waals surface area (Å²) in [5.41, 5.74) is 1.88. The summed E-state index contributed by atoms with van der Waals surface area (Å²) in [6.07, 6.45) is 3.49. The van der Waals surface area contributed by atoms with Crippen LogP contribution >= 0.6 is 11.3 Å². The third-order valence-electron chi connectivity index (χ3n) is 3.99. The van der Waals surface area contributed by atoms with E-state index < -0.39 is 6.04 Å². The van der Waals surface area contributed by atoms with Crippen LogP contribution in [0, 0.1) is 19.7 Å². The van der Waals surface area contributed by atoms with Crippen molar-refractivity contribution in [1.82, 2.24) is 14.9 Å². The molecule has 2 heterocycles. The van der Waals surface area contributed by atoms with Gasteiger partial charge < -0.3 is 9.88 Å². The fraction of sp³-hybridized carbons (Fsp3) is 0.222. The average Bonchev–Trinajstić information content (AvgIpc) is 3.12. The third-order valence-corrected chi connectivity index (χ3v) is 5.14. The number of halogens is 1. The first-order valence-corrected chi connectivity index (χ1v) is 8.38. The Morgan fingerprint density at radius 1 is 1.29 bits per heavy atom. The monoisotopic (exact) mass is 343 g/mol. The Hall–Kier alpha value is -2.47. The molecular weight excluding hydrogens is 325 g/mol. The topological polar surface area (TPSA) is 46.9 Å². The van der Waals surface area contributed by atoms with Gasteiger partial charge in [-0.2, -0.15) is 0 Å². The van der Waals surface area contributed by atoms with E-state index in [1.807, 2.05) is 37.7 Å². The molecule has 0 spiro atoms. The first-order chi connectivity index (χ1) is 11.5. The largest absolute Gasteiger partial charge is 0.337 e. The van der Waals surface area contributed by atoms with Crippen molar-refractivity contribution in [3.63, 3.8) is 0 Å². The highest BCUT2D eigenvalue weighted by molar-refractivity contribution is 7.14. The number of amides is 1. The van der Waals surface area contributed by atoms with E-state index in [2.05, 4.69) is 10.3 Å². The van der Waals surface area contributed by atoms with Crippen molar-refractivity contribution in [3.8, 4) is 0 Å². The Labute approximate surface area is 144 Å². The first kappa shape index (κ1) is 16.4. The Balaban J connectivity index is 1.94. The molecule has 3 aromatic rings. The molecule has 1 N–H and O–H groups in total. The van der Waals surface area contributed by atoms with Crippen molar-refractivity contribution >= 4 is 17.2 Å². The summed E-state index contributed by atoms with van der Waals surface area (Å²) < 4.78 is 15.1. The SMILES string of the molecule is Cc1cc(C(=O)N[C@@H](c2ccc(F)cc2)c2nccn2C)sc1C. The van der Waals surface area contributed by atoms with Crippen LogP contribution in [-0.2, 0) is 7.05 Å². The van der Waals surface area contributed by atoms with Crippen LogP contribution in [0.4, 0.5) is 4.39 Å². The van der Waals surface area contributed by atoms with Crippen molar-refractivity contribution in [2.24, 2.45) is 7.05 Å². The lowest BCUT2D eigenvalue weighted by molar-refractivity contribution is 0.0945. The first-order valence-electron chi connectivity index (χ1n) is 7.56. The molecule has 124 valence electrons. The van der Waals surface area contributed by atoms with Crippen molar-refractivity contribution in [1.29, 1.82) is 0 Å². The smallest absolute Gasteiger partial charge is 0.262 e. The Bertz CT molecular complexity index is 847. The lowest BCUT2D eigenvalue weighted by Gasteiger charge is -2.19. The molecule has 0 saturated carbocycles. The predicted octanol–water partition coefficient (Wildman–Crippen LogP) is 3.76. The molecule has 0 fully saturated rings. The van der Waals surface area contributed by atoms with Crippen LogP contribution in [0.3, 0.4) is 0 Å². The van der Waals surface area contributed by atoms with Crippen LogP contribution < -0.4 is 5.32 Å².